The molecule has 1 aromatic rings. The maximum Gasteiger partial charge on any atom is 0.340 e. The normalized spacial score (nSPS) is 23.3. The third kappa shape index (κ3) is 13.3. The van der Waals surface area contributed by atoms with Crippen LogP contribution in [0.2, 0.25) is 0 Å². The number of ether oxygens (including phenoxy) is 2. The number of halogens is 3. The fraction of sp³-hybridized carbons (Fsp3) is 0.789. The lowest BCUT2D eigenvalue weighted by Crippen LogP contribution is -2.29. The summed E-state index contributed by atoms with van der Waals surface area (Å²) < 4.78 is 55.0. The standard InChI is InChI=1S/C38H59F3O4/c1-3-5-7-9-11-13-15-34(39)37(42)44-31-22-17-28(18-23-31)30-21-26-33(36(41)27-30)29-19-24-32(25-20-29)45-38(43)35(40)16-14-12-10-8-6-4-2/h21,26-29,31-32,34-35H,3-20,22-25H2,1-2H3/t28?,29?,31?,32?,34-,35-/m0/s1. The largest absolute Gasteiger partial charge is 0.460 e. The summed E-state index contributed by atoms with van der Waals surface area (Å²) in [6.07, 6.45) is 14.8. The molecule has 2 saturated carbocycles. The van der Waals surface area contributed by atoms with Gasteiger partial charge in [0.1, 0.15) is 18.0 Å². The number of benzene rings is 1. The smallest absolute Gasteiger partial charge is 0.340 e. The number of hydrogen-bond acceptors (Lipinski definition) is 4. The SMILES string of the molecule is CCCCCCCC[C@H](F)C(=O)OC1CCC(c2ccc(C3CCC(OC(=O)[C@@H](F)CCCCCCCC)CC3)c(F)c2)CC1. The average Bonchev–Trinajstić information content (AvgIpc) is 3.04. The van der Waals surface area contributed by atoms with Crippen LogP contribution in [0.3, 0.4) is 0 Å². The van der Waals surface area contributed by atoms with Gasteiger partial charge in [-0.1, -0.05) is 90.2 Å². The van der Waals surface area contributed by atoms with Gasteiger partial charge in [-0.15, -0.1) is 0 Å². The van der Waals surface area contributed by atoms with Gasteiger partial charge >= 0.3 is 11.9 Å². The average molecular weight is 637 g/mol. The van der Waals surface area contributed by atoms with Gasteiger partial charge in [0.25, 0.3) is 0 Å². The first-order valence-corrected chi connectivity index (χ1v) is 18.3. The van der Waals surface area contributed by atoms with Crippen molar-refractivity contribution in [1.29, 1.82) is 0 Å². The Bertz CT molecular complexity index is 985. The molecule has 0 aromatic heterocycles. The van der Waals surface area contributed by atoms with Gasteiger partial charge < -0.3 is 9.47 Å². The summed E-state index contributed by atoms with van der Waals surface area (Å²) in [7, 11) is 0. The Hall–Kier alpha value is -2.05. The third-order valence-corrected chi connectivity index (χ3v) is 9.98. The van der Waals surface area contributed by atoms with E-state index >= 15 is 4.39 Å². The monoisotopic (exact) mass is 636 g/mol. The van der Waals surface area contributed by atoms with E-state index in [1.54, 1.807) is 6.07 Å². The fourth-order valence-electron chi connectivity index (χ4n) is 7.05. The van der Waals surface area contributed by atoms with Crippen LogP contribution >= 0.6 is 0 Å². The number of hydrogen-bond donors (Lipinski definition) is 0. The minimum atomic E-state index is -1.56. The van der Waals surface area contributed by atoms with E-state index in [0.29, 0.717) is 56.9 Å². The molecular formula is C38H59F3O4. The second kappa shape index (κ2) is 20.9. The molecule has 0 radical (unpaired) electrons. The summed E-state index contributed by atoms with van der Waals surface area (Å²) >= 11 is 0. The molecule has 0 saturated heterocycles. The van der Waals surface area contributed by atoms with Crippen molar-refractivity contribution >= 4 is 11.9 Å². The van der Waals surface area contributed by atoms with Crippen LogP contribution in [0.15, 0.2) is 18.2 Å². The summed E-state index contributed by atoms with van der Waals surface area (Å²) in [5.41, 5.74) is 1.64. The Kier molecular flexibility index (Phi) is 17.4. The van der Waals surface area contributed by atoms with Crippen LogP contribution in [0.25, 0.3) is 0 Å². The van der Waals surface area contributed by atoms with Crippen molar-refractivity contribution in [3.8, 4) is 0 Å². The topological polar surface area (TPSA) is 52.6 Å². The Morgan fingerprint density at radius 1 is 0.644 bits per heavy atom. The molecule has 0 heterocycles. The van der Waals surface area contributed by atoms with Crippen molar-refractivity contribution < 1.29 is 32.2 Å². The minimum Gasteiger partial charge on any atom is -0.460 e. The number of alkyl halides is 2. The van der Waals surface area contributed by atoms with Gasteiger partial charge in [0.15, 0.2) is 12.3 Å². The highest BCUT2D eigenvalue weighted by atomic mass is 19.1. The maximum absolute atomic E-state index is 15.3. The van der Waals surface area contributed by atoms with Gasteiger partial charge in [-0.25, -0.2) is 22.8 Å². The molecule has 0 unspecified atom stereocenters. The van der Waals surface area contributed by atoms with Crippen molar-refractivity contribution in [2.75, 3.05) is 0 Å². The Morgan fingerprint density at radius 2 is 1.07 bits per heavy atom. The van der Waals surface area contributed by atoms with Crippen LogP contribution in [0.4, 0.5) is 13.2 Å². The third-order valence-electron chi connectivity index (χ3n) is 9.98. The molecule has 0 amide bonds. The molecule has 0 spiro atoms. The lowest BCUT2D eigenvalue weighted by Gasteiger charge is -2.31. The molecule has 4 nitrogen and oxygen atoms in total. The van der Waals surface area contributed by atoms with Gasteiger partial charge in [0, 0.05) is 0 Å². The summed E-state index contributed by atoms with van der Waals surface area (Å²) in [5, 5.41) is 0. The molecular weight excluding hydrogens is 577 g/mol. The molecule has 0 bridgehead atoms. The minimum absolute atomic E-state index is 0.0541. The van der Waals surface area contributed by atoms with E-state index in [1.165, 1.54) is 25.7 Å². The van der Waals surface area contributed by atoms with Gasteiger partial charge in [0.05, 0.1) is 0 Å². The van der Waals surface area contributed by atoms with Crippen LogP contribution < -0.4 is 0 Å². The first kappa shape index (κ1) is 37.4. The number of carbonyl (C=O) groups is 2. The number of rotatable bonds is 20. The molecule has 2 atom stereocenters. The van der Waals surface area contributed by atoms with Crippen molar-refractivity contribution in [3.63, 3.8) is 0 Å². The van der Waals surface area contributed by atoms with E-state index in [2.05, 4.69) is 13.8 Å². The molecule has 256 valence electrons. The Labute approximate surface area is 270 Å². The summed E-state index contributed by atoms with van der Waals surface area (Å²) in [6, 6.07) is 5.55. The first-order valence-electron chi connectivity index (χ1n) is 18.3. The molecule has 0 aliphatic heterocycles. The predicted octanol–water partition coefficient (Wildman–Crippen LogP) is 11.1. The maximum atomic E-state index is 15.3. The number of unbranched alkanes of at least 4 members (excludes halogenated alkanes) is 10. The molecule has 3 rings (SSSR count). The van der Waals surface area contributed by atoms with E-state index in [9.17, 15) is 18.4 Å². The summed E-state index contributed by atoms with van der Waals surface area (Å²) in [5.74, 6) is -1.44. The van der Waals surface area contributed by atoms with E-state index in [4.69, 9.17) is 9.47 Å². The Balaban J connectivity index is 1.34. The van der Waals surface area contributed by atoms with Gasteiger partial charge in [-0.3, -0.25) is 0 Å². The van der Waals surface area contributed by atoms with Crippen LogP contribution in [0.1, 0.15) is 178 Å². The number of esters is 2. The quantitative estimate of drug-likeness (QED) is 0.106. The molecule has 7 heteroatoms. The predicted molar refractivity (Wildman–Crippen MR) is 174 cm³/mol. The van der Waals surface area contributed by atoms with Crippen molar-refractivity contribution in [2.45, 2.75) is 191 Å². The molecule has 45 heavy (non-hydrogen) atoms. The first-order chi connectivity index (χ1) is 21.8. The highest BCUT2D eigenvalue weighted by Crippen LogP contribution is 2.39. The van der Waals surface area contributed by atoms with E-state index in [-0.39, 0.29) is 42.7 Å². The number of carbonyl (C=O) groups excluding carboxylic acids is 2. The molecule has 2 aliphatic carbocycles. The molecule has 2 aliphatic rings. The van der Waals surface area contributed by atoms with Crippen LogP contribution in [0.5, 0.6) is 0 Å². The lowest BCUT2D eigenvalue weighted by atomic mass is 9.79. The summed E-state index contributed by atoms with van der Waals surface area (Å²) in [6.45, 7) is 4.32. The van der Waals surface area contributed by atoms with Crippen molar-refractivity contribution in [2.24, 2.45) is 0 Å². The highest BCUT2D eigenvalue weighted by Gasteiger charge is 2.31. The van der Waals surface area contributed by atoms with E-state index in [1.807, 2.05) is 12.1 Å². The second-order valence-corrected chi connectivity index (χ2v) is 13.6. The zero-order chi connectivity index (χ0) is 32.4. The van der Waals surface area contributed by atoms with E-state index in [0.717, 1.165) is 56.9 Å². The Morgan fingerprint density at radius 3 is 1.51 bits per heavy atom. The van der Waals surface area contributed by atoms with Gasteiger partial charge in [-0.2, -0.15) is 0 Å². The highest BCUT2D eigenvalue weighted by molar-refractivity contribution is 5.75. The summed E-state index contributed by atoms with van der Waals surface area (Å²) in [4.78, 5) is 24.5. The fourth-order valence-corrected chi connectivity index (χ4v) is 7.05. The second-order valence-electron chi connectivity index (χ2n) is 13.6. The van der Waals surface area contributed by atoms with Crippen LogP contribution in [-0.2, 0) is 19.1 Å². The van der Waals surface area contributed by atoms with Gasteiger partial charge in [-0.05, 0) is 106 Å². The molecule has 1 aromatic carbocycles. The molecule has 2 fully saturated rings. The zero-order valence-electron chi connectivity index (χ0n) is 28.0. The zero-order valence-corrected chi connectivity index (χ0v) is 28.0. The molecule has 0 N–H and O–H groups in total. The van der Waals surface area contributed by atoms with Crippen molar-refractivity contribution in [3.05, 3.63) is 35.1 Å². The van der Waals surface area contributed by atoms with Crippen LogP contribution in [0, 0.1) is 5.82 Å². The lowest BCUT2D eigenvalue weighted by molar-refractivity contribution is -0.157. The van der Waals surface area contributed by atoms with Crippen LogP contribution in [-0.4, -0.2) is 36.5 Å². The van der Waals surface area contributed by atoms with Gasteiger partial charge in [0.2, 0.25) is 0 Å². The van der Waals surface area contributed by atoms with E-state index < -0.39 is 24.3 Å². The van der Waals surface area contributed by atoms with Crippen molar-refractivity contribution in [1.82, 2.24) is 0 Å².